The number of aliphatic hydroxyl groups excluding tert-OH is 1. The molecule has 4 aliphatic carbocycles. The van der Waals surface area contributed by atoms with Crippen molar-refractivity contribution in [3.05, 3.63) is 23.8 Å². The van der Waals surface area contributed by atoms with E-state index in [0.29, 0.717) is 25.7 Å². The van der Waals surface area contributed by atoms with E-state index >= 15 is 4.39 Å². The first kappa shape index (κ1) is 33.5. The number of esters is 1. The van der Waals surface area contributed by atoms with Crippen LogP contribution in [0.15, 0.2) is 23.8 Å². The summed E-state index contributed by atoms with van der Waals surface area (Å²) in [6, 6.07) is 0. The zero-order chi connectivity index (χ0) is 32.0. The number of alkyl halides is 1. The van der Waals surface area contributed by atoms with E-state index in [0.717, 1.165) is 24.8 Å². The molecular formula is C36H53FO7. The van der Waals surface area contributed by atoms with E-state index in [1.165, 1.54) is 38.2 Å². The van der Waals surface area contributed by atoms with Gasteiger partial charge in [0.15, 0.2) is 28.6 Å². The Kier molecular flexibility index (Phi) is 9.41. The van der Waals surface area contributed by atoms with Gasteiger partial charge in [0.2, 0.25) is 0 Å². The smallest absolute Gasteiger partial charge is 0.306 e. The van der Waals surface area contributed by atoms with Crippen molar-refractivity contribution in [1.82, 2.24) is 0 Å². The highest BCUT2D eigenvalue weighted by Crippen LogP contribution is 2.72. The third kappa shape index (κ3) is 5.25. The molecule has 1 N–H and O–H groups in total. The number of carbonyl (C=O) groups excluding carboxylic acids is 3. The molecular weight excluding hydrogens is 563 g/mol. The SMILES string of the molecule is CCCCCCCCCCCC(=O)O[C@H]1C[C@@]2(C)[C@@H](C[C@H]3OC(C)(C)O[C@]32C(=O)CO)[C@@H]2CCC3=CC(=O)C=C[C@]3(C)[C@@]12F. The van der Waals surface area contributed by atoms with Crippen LogP contribution >= 0.6 is 0 Å². The van der Waals surface area contributed by atoms with E-state index in [-0.39, 0.29) is 24.5 Å². The van der Waals surface area contributed by atoms with Crippen molar-refractivity contribution in [2.24, 2.45) is 22.7 Å². The largest absolute Gasteiger partial charge is 0.459 e. The van der Waals surface area contributed by atoms with Gasteiger partial charge in [0.05, 0.1) is 6.10 Å². The summed E-state index contributed by atoms with van der Waals surface area (Å²) in [4.78, 5) is 39.4. The molecule has 0 spiro atoms. The molecule has 44 heavy (non-hydrogen) atoms. The monoisotopic (exact) mass is 616 g/mol. The predicted octanol–water partition coefficient (Wildman–Crippen LogP) is 6.89. The second-order valence-corrected chi connectivity index (χ2v) is 15.0. The normalized spacial score (nSPS) is 40.1. The second kappa shape index (κ2) is 12.4. The summed E-state index contributed by atoms with van der Waals surface area (Å²) in [5.41, 5.74) is -4.83. The van der Waals surface area contributed by atoms with Crippen LogP contribution in [0.25, 0.3) is 0 Å². The first-order valence-electron chi connectivity index (χ1n) is 17.1. The summed E-state index contributed by atoms with van der Waals surface area (Å²) >= 11 is 0. The van der Waals surface area contributed by atoms with Crippen molar-refractivity contribution in [3.63, 3.8) is 0 Å². The first-order valence-corrected chi connectivity index (χ1v) is 17.1. The van der Waals surface area contributed by atoms with E-state index in [1.54, 1.807) is 26.0 Å². The molecule has 4 fully saturated rings. The molecule has 1 aliphatic heterocycles. The number of allylic oxidation sites excluding steroid dienone is 4. The second-order valence-electron chi connectivity index (χ2n) is 15.0. The Morgan fingerprint density at radius 3 is 2.34 bits per heavy atom. The molecule has 0 amide bonds. The highest BCUT2D eigenvalue weighted by Gasteiger charge is 2.80. The fraction of sp³-hybridized carbons (Fsp3) is 0.806. The van der Waals surface area contributed by atoms with Crippen molar-refractivity contribution in [2.75, 3.05) is 6.61 Å². The average Bonchev–Trinajstić information content (AvgIpc) is 3.38. The number of carbonyl (C=O) groups is 3. The molecule has 0 aromatic carbocycles. The van der Waals surface area contributed by atoms with Crippen LogP contribution in [-0.4, -0.2) is 58.5 Å². The average molecular weight is 617 g/mol. The van der Waals surface area contributed by atoms with Crippen LogP contribution in [0.5, 0.6) is 0 Å². The number of aliphatic hydroxyl groups is 1. The summed E-state index contributed by atoms with van der Waals surface area (Å²) < 4.78 is 37.3. The zero-order valence-corrected chi connectivity index (χ0v) is 27.4. The predicted molar refractivity (Wildman–Crippen MR) is 164 cm³/mol. The lowest BCUT2D eigenvalue weighted by Gasteiger charge is -2.63. The van der Waals surface area contributed by atoms with E-state index in [9.17, 15) is 19.5 Å². The summed E-state index contributed by atoms with van der Waals surface area (Å²) in [5.74, 6) is -3.03. The quantitative estimate of drug-likeness (QED) is 0.178. The number of ether oxygens (including phenoxy) is 3. The van der Waals surface area contributed by atoms with Crippen molar-refractivity contribution >= 4 is 17.5 Å². The molecule has 8 heteroatoms. The van der Waals surface area contributed by atoms with Gasteiger partial charge in [-0.25, -0.2) is 4.39 Å². The number of fused-ring (bicyclic) bond motifs is 7. The summed E-state index contributed by atoms with van der Waals surface area (Å²) in [7, 11) is 0. The first-order chi connectivity index (χ1) is 20.8. The molecule has 7 nitrogen and oxygen atoms in total. The van der Waals surface area contributed by atoms with Gasteiger partial charge in [-0.1, -0.05) is 76.9 Å². The van der Waals surface area contributed by atoms with Gasteiger partial charge in [0.25, 0.3) is 0 Å². The van der Waals surface area contributed by atoms with Crippen LogP contribution in [0.1, 0.15) is 125 Å². The van der Waals surface area contributed by atoms with Gasteiger partial charge in [-0.05, 0) is 70.9 Å². The molecule has 1 heterocycles. The molecule has 0 unspecified atom stereocenters. The minimum Gasteiger partial charge on any atom is -0.459 e. The lowest BCUT2D eigenvalue weighted by Crippen LogP contribution is -2.70. The zero-order valence-electron chi connectivity index (χ0n) is 27.4. The van der Waals surface area contributed by atoms with E-state index < -0.39 is 64.4 Å². The Morgan fingerprint density at radius 2 is 1.68 bits per heavy atom. The number of halogens is 1. The Morgan fingerprint density at radius 1 is 1.02 bits per heavy atom. The molecule has 8 atom stereocenters. The van der Waals surface area contributed by atoms with Crippen LogP contribution in [-0.2, 0) is 28.6 Å². The minimum absolute atomic E-state index is 0.0561. The van der Waals surface area contributed by atoms with E-state index in [2.05, 4.69) is 6.92 Å². The molecule has 5 rings (SSSR count). The number of hydrogen-bond donors (Lipinski definition) is 1. The molecule has 246 valence electrons. The number of ketones is 2. The Balaban J connectivity index is 1.40. The van der Waals surface area contributed by atoms with Crippen molar-refractivity contribution < 1.29 is 38.1 Å². The summed E-state index contributed by atoms with van der Waals surface area (Å²) in [6.45, 7) is 8.75. The summed E-state index contributed by atoms with van der Waals surface area (Å²) in [5, 5.41) is 10.1. The van der Waals surface area contributed by atoms with Gasteiger partial charge in [-0.15, -0.1) is 0 Å². The van der Waals surface area contributed by atoms with Crippen LogP contribution in [0.2, 0.25) is 0 Å². The van der Waals surface area contributed by atoms with Gasteiger partial charge >= 0.3 is 5.97 Å². The number of hydrogen-bond acceptors (Lipinski definition) is 7. The van der Waals surface area contributed by atoms with Crippen LogP contribution < -0.4 is 0 Å². The lowest BCUT2D eigenvalue weighted by molar-refractivity contribution is -0.251. The maximum absolute atomic E-state index is 18.4. The molecule has 3 saturated carbocycles. The Labute approximate surface area is 262 Å². The van der Waals surface area contributed by atoms with Gasteiger partial charge in [0, 0.05) is 23.2 Å². The van der Waals surface area contributed by atoms with Crippen molar-refractivity contribution in [2.45, 2.75) is 154 Å². The topological polar surface area (TPSA) is 99.1 Å². The van der Waals surface area contributed by atoms with Crippen molar-refractivity contribution in [1.29, 1.82) is 0 Å². The van der Waals surface area contributed by atoms with Gasteiger partial charge in [-0.3, -0.25) is 14.4 Å². The van der Waals surface area contributed by atoms with Crippen LogP contribution in [0, 0.1) is 22.7 Å². The van der Waals surface area contributed by atoms with Gasteiger partial charge in [-0.2, -0.15) is 0 Å². The van der Waals surface area contributed by atoms with Gasteiger partial charge < -0.3 is 19.3 Å². The van der Waals surface area contributed by atoms with E-state index in [1.807, 2.05) is 13.8 Å². The highest BCUT2D eigenvalue weighted by atomic mass is 19.1. The number of Topliss-reactive ketones (excluding diaryl/α,β-unsaturated/α-hetero) is 1. The highest BCUT2D eigenvalue weighted by molar-refractivity contribution is 6.01. The molecule has 1 saturated heterocycles. The fourth-order valence-corrected chi connectivity index (χ4v) is 9.81. The molecule has 0 bridgehead atoms. The fourth-order valence-electron chi connectivity index (χ4n) is 9.81. The maximum atomic E-state index is 18.4. The van der Waals surface area contributed by atoms with Crippen LogP contribution in [0.3, 0.4) is 0 Å². The third-order valence-corrected chi connectivity index (χ3v) is 11.9. The molecule has 0 radical (unpaired) electrons. The van der Waals surface area contributed by atoms with E-state index in [4.69, 9.17) is 14.2 Å². The third-order valence-electron chi connectivity index (χ3n) is 11.9. The molecule has 0 aromatic rings. The molecule has 5 aliphatic rings. The number of unbranched alkanes of at least 4 members (excludes halogenated alkanes) is 8. The Bertz CT molecular complexity index is 1190. The standard InChI is InChI=1S/C36H53FO7/c1-6-7-8-9-10-11-12-13-14-15-31(41)42-30-22-34(5)27(21-29-36(34,28(40)23-38)44-32(2,3)43-29)26-17-16-24-20-25(39)18-19-33(24,4)35(26,30)37/h18-20,26-27,29-30,38H,6-17,21-23H2,1-5H3/t26-,27-,29+,30-,33-,34-,35-,36+/m0/s1. The van der Waals surface area contributed by atoms with Gasteiger partial charge in [0.1, 0.15) is 12.7 Å². The van der Waals surface area contributed by atoms with Crippen LogP contribution in [0.4, 0.5) is 4.39 Å². The Hall–Kier alpha value is -1.90. The lowest BCUT2D eigenvalue weighted by atomic mass is 9.44. The van der Waals surface area contributed by atoms with Crippen molar-refractivity contribution in [3.8, 4) is 0 Å². The maximum Gasteiger partial charge on any atom is 0.306 e. The molecule has 0 aromatic heterocycles. The number of rotatable bonds is 13. The minimum atomic E-state index is -2.00. The summed E-state index contributed by atoms with van der Waals surface area (Å²) in [6.07, 6.45) is 14.5.